The van der Waals surface area contributed by atoms with Crippen LogP contribution in [0.2, 0.25) is 0 Å². The second-order valence-electron chi connectivity index (χ2n) is 15.0. The summed E-state index contributed by atoms with van der Waals surface area (Å²) in [4.78, 5) is 25.6. The van der Waals surface area contributed by atoms with Crippen LogP contribution in [-0.2, 0) is 4.57 Å². The van der Waals surface area contributed by atoms with E-state index in [1.165, 1.54) is 0 Å². The first-order valence-electron chi connectivity index (χ1n) is 21.4. The van der Waals surface area contributed by atoms with E-state index >= 15 is 0 Å². The van der Waals surface area contributed by atoms with E-state index in [0.29, 0.717) is 0 Å². The van der Waals surface area contributed by atoms with E-state index in [0.717, 1.165) is 78.3 Å². The monoisotopic (exact) mass is 994 g/mol. The van der Waals surface area contributed by atoms with E-state index in [9.17, 15) is 0 Å². The fourth-order valence-electron chi connectivity index (χ4n) is 7.04. The zero-order valence-corrected chi connectivity index (χ0v) is 49.3. The minimum absolute atomic E-state index is 0. The number of ether oxygens (including phenoxy) is 1. The molecule has 0 spiro atoms. The molecule has 0 aromatic heterocycles. The first-order chi connectivity index (χ1) is 32.2. The van der Waals surface area contributed by atoms with Crippen molar-refractivity contribution in [3.63, 3.8) is 0 Å². The fourth-order valence-corrected chi connectivity index (χ4v) is 7.04. The summed E-state index contributed by atoms with van der Waals surface area (Å²) in [5.41, 5.74) is 12.9. The molecule has 5 nitrogen and oxygen atoms in total. The van der Waals surface area contributed by atoms with Gasteiger partial charge in [0.25, 0.3) is 0 Å². The van der Waals surface area contributed by atoms with Crippen LogP contribution in [0.25, 0.3) is 72.9 Å². The summed E-state index contributed by atoms with van der Waals surface area (Å²) in [6, 6.07) is 71.0. The maximum Gasteiger partial charge on any atom is 1.00 e. The molecular formula is C60H46K3O5P. The van der Waals surface area contributed by atoms with Gasteiger partial charge in [0.05, 0.1) is 0 Å². The largest absolute Gasteiger partial charge is 1.00 e. The molecule has 8 aromatic rings. The molecule has 69 heavy (non-hydrogen) atoms. The summed E-state index contributed by atoms with van der Waals surface area (Å²) in [7, 11) is -5.39. The predicted octanol–water partition coefficient (Wildman–Crippen LogP) is 4.69. The number of benzene rings is 8. The number of rotatable bonds is 14. The Morgan fingerprint density at radius 2 is 0.478 bits per heavy atom. The third-order valence-electron chi connectivity index (χ3n) is 10.3. The van der Waals surface area contributed by atoms with Crippen molar-refractivity contribution in [1.29, 1.82) is 0 Å². The molecule has 324 valence electrons. The molecule has 0 bridgehead atoms. The molecule has 0 amide bonds. The summed E-state index contributed by atoms with van der Waals surface area (Å²) in [6.45, 7) is 0. The summed E-state index contributed by atoms with van der Waals surface area (Å²) in [5, 5.41) is 0. The van der Waals surface area contributed by atoms with Gasteiger partial charge in [-0.2, -0.15) is 7.82 Å². The molecule has 0 aliphatic carbocycles. The minimum Gasteiger partial charge on any atom is -0.822 e. The third kappa shape index (κ3) is 20.2. The van der Waals surface area contributed by atoms with Crippen LogP contribution in [0, 0.1) is 0 Å². The van der Waals surface area contributed by atoms with Crippen LogP contribution in [0.5, 0.6) is 11.5 Å². The molecule has 0 aliphatic rings. The van der Waals surface area contributed by atoms with E-state index in [4.69, 9.17) is 24.0 Å². The Morgan fingerprint density at radius 3 is 0.710 bits per heavy atom. The van der Waals surface area contributed by atoms with Gasteiger partial charge >= 0.3 is 154 Å². The van der Waals surface area contributed by atoms with E-state index in [1.807, 2.05) is 36.4 Å². The molecule has 8 aromatic carbocycles. The summed E-state index contributed by atoms with van der Waals surface area (Å²) in [6.07, 6.45) is 26.2. The zero-order chi connectivity index (χ0) is 45.8. The average Bonchev–Trinajstić information content (AvgIpc) is 3.35. The molecule has 8 rings (SSSR count). The molecule has 0 unspecified atom stereocenters. The molecule has 0 fully saturated rings. The van der Waals surface area contributed by atoms with E-state index in [1.54, 1.807) is 0 Å². The van der Waals surface area contributed by atoms with Gasteiger partial charge in [0.15, 0.2) is 0 Å². The topological polar surface area (TPSA) is 95.5 Å². The van der Waals surface area contributed by atoms with Crippen LogP contribution >= 0.6 is 7.82 Å². The van der Waals surface area contributed by atoms with Crippen molar-refractivity contribution >= 4 is 80.7 Å². The molecule has 0 saturated heterocycles. The molecule has 0 saturated carbocycles. The van der Waals surface area contributed by atoms with E-state index < -0.39 is 7.82 Å². The number of hydrogen-bond acceptors (Lipinski definition) is 5. The van der Waals surface area contributed by atoms with Gasteiger partial charge in [-0.3, -0.25) is 0 Å². The molecule has 0 aliphatic heterocycles. The second-order valence-corrected chi connectivity index (χ2v) is 15.9. The Hall–Kier alpha value is -2.98. The number of hydrogen-bond donors (Lipinski definition) is 0. The minimum atomic E-state index is -5.39. The molecule has 9 heteroatoms. The van der Waals surface area contributed by atoms with Crippen molar-refractivity contribution in [1.82, 2.24) is 0 Å². The number of phosphoric acid groups is 1. The van der Waals surface area contributed by atoms with Crippen LogP contribution in [0.4, 0.5) is 0 Å². The van der Waals surface area contributed by atoms with Crippen molar-refractivity contribution < 1.29 is 178 Å². The van der Waals surface area contributed by atoms with Crippen molar-refractivity contribution in [2.45, 2.75) is 0 Å². The molecule has 0 heterocycles. The van der Waals surface area contributed by atoms with Gasteiger partial charge in [-0.15, -0.1) is 0 Å². The predicted molar refractivity (Wildman–Crippen MR) is 273 cm³/mol. The molecule has 0 atom stereocenters. The first-order valence-corrected chi connectivity index (χ1v) is 22.8. The Labute approximate surface area is 534 Å². The van der Waals surface area contributed by atoms with Crippen molar-refractivity contribution in [2.24, 2.45) is 0 Å². The van der Waals surface area contributed by atoms with E-state index in [2.05, 4.69) is 243 Å². The van der Waals surface area contributed by atoms with Gasteiger partial charge in [0.1, 0.15) is 11.5 Å². The van der Waals surface area contributed by atoms with Crippen LogP contribution in [0.15, 0.2) is 206 Å². The Morgan fingerprint density at radius 1 is 0.275 bits per heavy atom. The molecule has 0 N–H and O–H groups in total. The van der Waals surface area contributed by atoms with Crippen molar-refractivity contribution in [3.8, 4) is 11.5 Å². The average molecular weight is 995 g/mol. The zero-order valence-electron chi connectivity index (χ0n) is 39.0. The normalized spacial score (nSPS) is 11.3. The Bertz CT molecular complexity index is 2820. The third-order valence-corrected chi connectivity index (χ3v) is 10.3. The van der Waals surface area contributed by atoms with Crippen LogP contribution in [0.1, 0.15) is 66.8 Å². The SMILES string of the molecule is C(=Cc1ccc(Oc2ccc(C=Cc3ccccc3)c(C=Cc3ccccc3)c2C=Cc2ccccc2)c(C=Cc2ccccc2)c1C=Cc1ccccc1)c1ccccc1.O=P([O-])([O-])[O-].[K+].[K+].[K+]. The summed E-state index contributed by atoms with van der Waals surface area (Å²) >= 11 is 0. The second kappa shape index (κ2) is 31.5. The first kappa shape index (κ1) is 58.6. The van der Waals surface area contributed by atoms with Gasteiger partial charge in [0.2, 0.25) is 0 Å². The van der Waals surface area contributed by atoms with E-state index in [-0.39, 0.29) is 154 Å². The maximum atomic E-state index is 8.55. The van der Waals surface area contributed by atoms with Gasteiger partial charge in [-0.25, -0.2) is 0 Å². The Kier molecular flexibility index (Phi) is 26.7. The van der Waals surface area contributed by atoms with Gasteiger partial charge in [-0.05, 0) is 67.8 Å². The summed E-state index contributed by atoms with van der Waals surface area (Å²) in [5.74, 6) is 1.49. The van der Waals surface area contributed by atoms with Gasteiger partial charge in [0, 0.05) is 11.1 Å². The van der Waals surface area contributed by atoms with Crippen LogP contribution < -0.4 is 174 Å². The van der Waals surface area contributed by atoms with Crippen LogP contribution in [0.3, 0.4) is 0 Å². The maximum absolute atomic E-state index is 8.55. The fraction of sp³-hybridized carbons (Fsp3) is 0. The molecule has 0 radical (unpaired) electrons. The smallest absolute Gasteiger partial charge is 0.822 e. The van der Waals surface area contributed by atoms with Crippen LogP contribution in [-0.4, -0.2) is 0 Å². The quantitative estimate of drug-likeness (QED) is 0.0897. The van der Waals surface area contributed by atoms with Gasteiger partial charge < -0.3 is 24.0 Å². The molecular weight excluding hydrogens is 949 g/mol. The van der Waals surface area contributed by atoms with Crippen molar-refractivity contribution in [3.05, 3.63) is 273 Å². The Balaban J connectivity index is 0.00000123. The standard InChI is InChI=1S/C60H46O.3K.H3O4P/c1-7-19-47(20-8-1)31-37-53-39-45-59(57(43-35-51-27-15-5-16-28-51)55(53)41-33-49-23-11-3-12-24-49)61-60-46-40-54(38-32-48-21-9-2-10-22-48)56(42-34-50-25-13-4-14-26-50)58(60)44-36-52-29-17-6-18-30-52;;;;1-5(2,3)4/h1-46H;;;;(H3,1,2,3,4)/q;3*+1;/p-3. The van der Waals surface area contributed by atoms with Crippen molar-refractivity contribution in [2.75, 3.05) is 0 Å². The van der Waals surface area contributed by atoms with Gasteiger partial charge in [-0.1, -0.05) is 267 Å². The summed E-state index contributed by atoms with van der Waals surface area (Å²) < 4.78 is 15.8.